The summed E-state index contributed by atoms with van der Waals surface area (Å²) in [5, 5.41) is 7.35. The van der Waals surface area contributed by atoms with Crippen LogP contribution in [0.5, 0.6) is 0 Å². The Morgan fingerprint density at radius 2 is 1.04 bits per heavy atom. The van der Waals surface area contributed by atoms with Crippen LogP contribution in [0.25, 0.3) is 121 Å². The molecule has 6 nitrogen and oxygen atoms in total. The second kappa shape index (κ2) is 12.5. The van der Waals surface area contributed by atoms with Gasteiger partial charge in [0.1, 0.15) is 27.3 Å². The number of rotatable bonds is 5. The van der Waals surface area contributed by atoms with Crippen molar-refractivity contribution in [2.45, 2.75) is 0 Å². The van der Waals surface area contributed by atoms with Gasteiger partial charge in [-0.15, -0.1) is 11.3 Å². The van der Waals surface area contributed by atoms with Gasteiger partial charge < -0.3 is 8.83 Å². The molecule has 12 aromatic rings. The highest BCUT2D eigenvalue weighted by atomic mass is 32.1. The minimum absolute atomic E-state index is 0.588. The first-order valence-electron chi connectivity index (χ1n) is 18.8. The molecule has 0 unspecified atom stereocenters. The molecule has 0 saturated carbocycles. The van der Waals surface area contributed by atoms with E-state index in [2.05, 4.69) is 91.0 Å². The Morgan fingerprint density at radius 3 is 1.81 bits per heavy atom. The van der Waals surface area contributed by atoms with Crippen molar-refractivity contribution < 1.29 is 8.83 Å². The molecule has 0 aliphatic heterocycles. The molecule has 4 aromatic heterocycles. The average Bonchev–Trinajstić information content (AvgIpc) is 3.99. The first-order valence-corrected chi connectivity index (χ1v) is 19.6. The summed E-state index contributed by atoms with van der Waals surface area (Å²) < 4.78 is 14.2. The smallest absolute Gasteiger partial charge is 0.164 e. The fourth-order valence-electron chi connectivity index (χ4n) is 8.05. The molecule has 8 aromatic carbocycles. The van der Waals surface area contributed by atoms with Crippen molar-refractivity contribution in [3.05, 3.63) is 170 Å². The first kappa shape index (κ1) is 31.8. The molecular weight excluding hydrogens is 721 g/mol. The zero-order valence-electron chi connectivity index (χ0n) is 30.2. The van der Waals surface area contributed by atoms with Crippen LogP contribution in [0.2, 0.25) is 0 Å². The number of benzene rings is 8. The topological polar surface area (TPSA) is 77.8 Å². The quantitative estimate of drug-likeness (QED) is 0.174. The lowest BCUT2D eigenvalue weighted by Crippen LogP contribution is -2.01. The number of hydrogen-bond donors (Lipinski definition) is 0. The third-order valence-corrected chi connectivity index (χ3v) is 11.8. The Balaban J connectivity index is 1.06. The van der Waals surface area contributed by atoms with Gasteiger partial charge in [-0.05, 0) is 58.8 Å². The van der Waals surface area contributed by atoms with Crippen LogP contribution < -0.4 is 0 Å². The van der Waals surface area contributed by atoms with Crippen molar-refractivity contribution in [1.82, 2.24) is 19.9 Å². The van der Waals surface area contributed by atoms with Gasteiger partial charge in [0.25, 0.3) is 0 Å². The number of furan rings is 2. The van der Waals surface area contributed by atoms with E-state index in [4.69, 9.17) is 28.8 Å². The fraction of sp³-hybridized carbons (Fsp3) is 0. The molecule has 4 heterocycles. The van der Waals surface area contributed by atoms with Crippen molar-refractivity contribution in [2.75, 3.05) is 0 Å². The molecule has 0 atom stereocenters. The number of hydrogen-bond acceptors (Lipinski definition) is 7. The van der Waals surface area contributed by atoms with Crippen LogP contribution in [0.4, 0.5) is 0 Å². The molecule has 0 saturated heterocycles. The van der Waals surface area contributed by atoms with Crippen molar-refractivity contribution >= 4 is 76.2 Å². The predicted molar refractivity (Wildman–Crippen MR) is 232 cm³/mol. The van der Waals surface area contributed by atoms with Gasteiger partial charge >= 0.3 is 0 Å². The largest absolute Gasteiger partial charge is 0.456 e. The Labute approximate surface area is 329 Å². The van der Waals surface area contributed by atoms with E-state index < -0.39 is 0 Å². The molecule has 7 heteroatoms. The maximum Gasteiger partial charge on any atom is 0.164 e. The number of aromatic nitrogens is 4. The van der Waals surface area contributed by atoms with Crippen molar-refractivity contribution in [2.24, 2.45) is 0 Å². The summed E-state index contributed by atoms with van der Waals surface area (Å²) in [6, 6.07) is 58.1. The van der Waals surface area contributed by atoms with Crippen LogP contribution in [0.1, 0.15) is 0 Å². The third kappa shape index (κ3) is 5.17. The molecule has 0 amide bonds. The van der Waals surface area contributed by atoms with Gasteiger partial charge in [0, 0.05) is 44.0 Å². The SMILES string of the molecule is c1ccc(-c2nc(-c3ccccc3)nc(-c3cc4ccccc4cc3-c3cccc4c3oc3ccc5sc(-c6ccc7c(c6)oc6ccccc67)nc5c34)n2)cc1. The summed E-state index contributed by atoms with van der Waals surface area (Å²) in [5.74, 6) is 1.81. The van der Waals surface area contributed by atoms with E-state index in [-0.39, 0.29) is 0 Å². The number of nitrogens with zero attached hydrogens (tertiary/aromatic N) is 4. The molecule has 0 radical (unpaired) electrons. The van der Waals surface area contributed by atoms with Gasteiger partial charge in [-0.3, -0.25) is 0 Å². The highest BCUT2D eigenvalue weighted by Gasteiger charge is 2.22. The molecule has 0 aliphatic rings. The van der Waals surface area contributed by atoms with Crippen LogP contribution in [0.3, 0.4) is 0 Å². The van der Waals surface area contributed by atoms with E-state index in [9.17, 15) is 0 Å². The summed E-state index contributed by atoms with van der Waals surface area (Å²) >= 11 is 1.68. The molecule has 0 aliphatic carbocycles. The Kier molecular flexibility index (Phi) is 7.00. The van der Waals surface area contributed by atoms with Gasteiger partial charge in [0.15, 0.2) is 17.5 Å². The zero-order valence-corrected chi connectivity index (χ0v) is 31.0. The van der Waals surface area contributed by atoms with E-state index in [0.717, 1.165) is 103 Å². The summed E-state index contributed by atoms with van der Waals surface area (Å²) in [7, 11) is 0. The van der Waals surface area contributed by atoms with E-state index in [0.29, 0.717) is 17.5 Å². The van der Waals surface area contributed by atoms with Gasteiger partial charge in [0.2, 0.25) is 0 Å². The normalized spacial score (nSPS) is 11.9. The second-order valence-corrected chi connectivity index (χ2v) is 15.2. The van der Waals surface area contributed by atoms with Crippen molar-refractivity contribution in [1.29, 1.82) is 0 Å². The molecule has 57 heavy (non-hydrogen) atoms. The van der Waals surface area contributed by atoms with Gasteiger partial charge in [-0.1, -0.05) is 127 Å². The average molecular weight is 749 g/mol. The molecule has 0 bridgehead atoms. The molecule has 12 rings (SSSR count). The van der Waals surface area contributed by atoms with Crippen LogP contribution in [0.15, 0.2) is 179 Å². The Bertz CT molecular complexity index is 3470. The lowest BCUT2D eigenvalue weighted by molar-refractivity contribution is 0.669. The summed E-state index contributed by atoms with van der Waals surface area (Å²) in [5.41, 5.74) is 9.90. The maximum absolute atomic E-state index is 6.84. The van der Waals surface area contributed by atoms with E-state index in [1.54, 1.807) is 11.3 Å². The molecule has 0 spiro atoms. The maximum atomic E-state index is 6.84. The highest BCUT2D eigenvalue weighted by Crippen LogP contribution is 2.45. The van der Waals surface area contributed by atoms with Crippen LogP contribution in [-0.4, -0.2) is 19.9 Å². The van der Waals surface area contributed by atoms with Gasteiger partial charge in [-0.25, -0.2) is 19.9 Å². The second-order valence-electron chi connectivity index (χ2n) is 14.2. The van der Waals surface area contributed by atoms with E-state index in [1.807, 2.05) is 78.9 Å². The first-order chi connectivity index (χ1) is 28.2. The van der Waals surface area contributed by atoms with Crippen LogP contribution in [0, 0.1) is 0 Å². The summed E-state index contributed by atoms with van der Waals surface area (Å²) in [6.45, 7) is 0. The number of para-hydroxylation sites is 2. The van der Waals surface area contributed by atoms with Crippen LogP contribution in [-0.2, 0) is 0 Å². The Hall–Kier alpha value is -7.48. The number of fused-ring (bicyclic) bond motifs is 9. The minimum atomic E-state index is 0.588. The molecular formula is C50H28N4O2S. The van der Waals surface area contributed by atoms with Crippen molar-refractivity contribution in [3.8, 4) is 55.9 Å². The lowest BCUT2D eigenvalue weighted by Gasteiger charge is -2.14. The number of thiazole rings is 1. The molecule has 266 valence electrons. The lowest BCUT2D eigenvalue weighted by atomic mass is 9.93. The summed E-state index contributed by atoms with van der Waals surface area (Å²) in [6.07, 6.45) is 0. The molecule has 0 N–H and O–H groups in total. The van der Waals surface area contributed by atoms with Gasteiger partial charge in [-0.2, -0.15) is 0 Å². The van der Waals surface area contributed by atoms with Crippen molar-refractivity contribution in [3.63, 3.8) is 0 Å². The fourth-order valence-corrected chi connectivity index (χ4v) is 9.02. The van der Waals surface area contributed by atoms with Crippen LogP contribution >= 0.6 is 11.3 Å². The Morgan fingerprint density at radius 1 is 0.386 bits per heavy atom. The monoisotopic (exact) mass is 748 g/mol. The van der Waals surface area contributed by atoms with Gasteiger partial charge in [0.05, 0.1) is 15.6 Å². The third-order valence-electron chi connectivity index (χ3n) is 10.8. The van der Waals surface area contributed by atoms with E-state index >= 15 is 0 Å². The highest BCUT2D eigenvalue weighted by molar-refractivity contribution is 7.21. The predicted octanol–water partition coefficient (Wildman–Crippen LogP) is 13.8. The molecule has 0 fully saturated rings. The minimum Gasteiger partial charge on any atom is -0.456 e. The summed E-state index contributed by atoms with van der Waals surface area (Å²) in [4.78, 5) is 20.5. The standard InChI is InChI=1S/C50H28N4O2S/c1-3-12-29(13-4-1)47-52-48(30-14-5-2-6-15-30)54-49(53-47)39-27-32-17-8-7-16-31(32)26-38(39)36-19-11-20-37-44-41(56-46(36)37)24-25-43-45(44)51-50(57-43)33-22-23-35-34-18-9-10-21-40(34)55-42(35)28-33/h1-28H. The zero-order chi connectivity index (χ0) is 37.5. The van der Waals surface area contributed by atoms with E-state index in [1.165, 1.54) is 0 Å².